The molecule has 1 aliphatic rings. The van der Waals surface area contributed by atoms with Crippen LogP contribution in [-0.4, -0.2) is 35.6 Å². The number of aromatic nitrogens is 1. The highest BCUT2D eigenvalue weighted by Crippen LogP contribution is 2.23. The average molecular weight is 283 g/mol. The fourth-order valence-electron chi connectivity index (χ4n) is 2.46. The number of carbonyl (C=O) groups excluding carboxylic acids is 1. The number of pyridine rings is 1. The van der Waals surface area contributed by atoms with E-state index in [2.05, 4.69) is 10.3 Å². The molecule has 5 nitrogen and oxygen atoms in total. The summed E-state index contributed by atoms with van der Waals surface area (Å²) in [6.45, 7) is 2.12. The Labute approximate surface area is 123 Å². The predicted molar refractivity (Wildman–Crippen MR) is 79.0 cm³/mol. The van der Waals surface area contributed by atoms with Crippen LogP contribution in [-0.2, 0) is 0 Å². The normalized spacial score (nSPS) is 18.3. The summed E-state index contributed by atoms with van der Waals surface area (Å²) in [7, 11) is 0. The van der Waals surface area contributed by atoms with E-state index >= 15 is 0 Å². The minimum absolute atomic E-state index is 0.0101. The highest BCUT2D eigenvalue weighted by Gasteiger charge is 2.29. The monoisotopic (exact) mass is 283 g/mol. The van der Waals surface area contributed by atoms with Crippen LogP contribution in [0.5, 0.6) is 5.75 Å². The molecule has 5 heteroatoms. The molecule has 1 aliphatic heterocycles. The van der Waals surface area contributed by atoms with Crippen molar-refractivity contribution in [2.45, 2.75) is 6.04 Å². The van der Waals surface area contributed by atoms with E-state index in [1.165, 1.54) is 6.20 Å². The molecule has 0 bridgehead atoms. The summed E-state index contributed by atoms with van der Waals surface area (Å²) in [4.78, 5) is 18.1. The molecule has 1 fully saturated rings. The molecule has 1 amide bonds. The molecule has 1 unspecified atom stereocenters. The van der Waals surface area contributed by atoms with Crippen molar-refractivity contribution < 1.29 is 9.53 Å². The molecule has 0 radical (unpaired) electrons. The van der Waals surface area contributed by atoms with Gasteiger partial charge in [0, 0.05) is 25.8 Å². The van der Waals surface area contributed by atoms with E-state index < -0.39 is 0 Å². The van der Waals surface area contributed by atoms with Gasteiger partial charge in [-0.25, -0.2) is 4.79 Å². The van der Waals surface area contributed by atoms with Gasteiger partial charge in [0.2, 0.25) is 0 Å². The first kappa shape index (κ1) is 13.6. The quantitative estimate of drug-likeness (QED) is 0.918. The Balaban J connectivity index is 1.76. The SMILES string of the molecule is O=C(Oc1cccnc1)N1CCNCC1c1ccccc1. The highest BCUT2D eigenvalue weighted by molar-refractivity contribution is 5.71. The molecular weight excluding hydrogens is 266 g/mol. The van der Waals surface area contributed by atoms with Crippen LogP contribution in [0.1, 0.15) is 11.6 Å². The van der Waals surface area contributed by atoms with E-state index in [9.17, 15) is 4.79 Å². The largest absolute Gasteiger partial charge is 0.415 e. The lowest BCUT2D eigenvalue weighted by atomic mass is 10.0. The maximum atomic E-state index is 12.4. The number of ether oxygens (including phenoxy) is 1. The van der Waals surface area contributed by atoms with Crippen LogP contribution in [0.4, 0.5) is 4.79 Å². The van der Waals surface area contributed by atoms with Crippen LogP contribution >= 0.6 is 0 Å². The Kier molecular flexibility index (Phi) is 4.12. The summed E-state index contributed by atoms with van der Waals surface area (Å²) in [5.41, 5.74) is 1.10. The standard InChI is InChI=1S/C16H17N3O2/c20-16(21-14-7-4-8-17-11-14)19-10-9-18-12-15(19)13-5-2-1-3-6-13/h1-8,11,15,18H,9-10,12H2. The molecule has 2 heterocycles. The second-order valence-corrected chi connectivity index (χ2v) is 4.88. The summed E-state index contributed by atoms with van der Waals surface area (Å²) in [5.74, 6) is 0.466. The van der Waals surface area contributed by atoms with Crippen molar-refractivity contribution in [1.82, 2.24) is 15.2 Å². The topological polar surface area (TPSA) is 54.5 Å². The molecule has 108 valence electrons. The summed E-state index contributed by atoms with van der Waals surface area (Å²) in [6, 6.07) is 13.5. The van der Waals surface area contributed by atoms with Gasteiger partial charge in [-0.2, -0.15) is 0 Å². The smallest absolute Gasteiger partial charge is 0.409 e. The second kappa shape index (κ2) is 6.37. The molecule has 1 aromatic heterocycles. The van der Waals surface area contributed by atoms with Gasteiger partial charge in [0.25, 0.3) is 0 Å². The lowest BCUT2D eigenvalue weighted by molar-refractivity contribution is 0.118. The fourth-order valence-corrected chi connectivity index (χ4v) is 2.46. The van der Waals surface area contributed by atoms with Gasteiger partial charge >= 0.3 is 6.09 Å². The van der Waals surface area contributed by atoms with Gasteiger partial charge in [-0.3, -0.25) is 9.88 Å². The van der Waals surface area contributed by atoms with Gasteiger partial charge < -0.3 is 10.1 Å². The van der Waals surface area contributed by atoms with Crippen LogP contribution in [0.15, 0.2) is 54.9 Å². The average Bonchev–Trinajstić information content (AvgIpc) is 2.56. The third-order valence-electron chi connectivity index (χ3n) is 3.50. The van der Waals surface area contributed by atoms with Gasteiger partial charge in [0.05, 0.1) is 12.2 Å². The van der Waals surface area contributed by atoms with Crippen molar-refractivity contribution in [2.75, 3.05) is 19.6 Å². The number of nitrogens with zero attached hydrogens (tertiary/aromatic N) is 2. The van der Waals surface area contributed by atoms with Crippen LogP contribution in [0.3, 0.4) is 0 Å². The zero-order valence-electron chi connectivity index (χ0n) is 11.6. The Bertz CT molecular complexity index is 589. The summed E-state index contributed by atoms with van der Waals surface area (Å²) < 4.78 is 5.40. The molecular formula is C16H17N3O2. The Morgan fingerprint density at radius 3 is 2.86 bits per heavy atom. The first-order valence-electron chi connectivity index (χ1n) is 6.99. The molecule has 0 aliphatic carbocycles. The van der Waals surface area contributed by atoms with Crippen LogP contribution in [0, 0.1) is 0 Å². The van der Waals surface area contributed by atoms with Gasteiger partial charge in [0.1, 0.15) is 0 Å². The van der Waals surface area contributed by atoms with Gasteiger partial charge in [-0.1, -0.05) is 30.3 Å². The number of nitrogens with one attached hydrogen (secondary N) is 1. The van der Waals surface area contributed by atoms with Crippen molar-refractivity contribution >= 4 is 6.09 Å². The van der Waals surface area contributed by atoms with E-state index in [-0.39, 0.29) is 12.1 Å². The Hall–Kier alpha value is -2.40. The number of rotatable bonds is 2. The molecule has 0 spiro atoms. The lowest BCUT2D eigenvalue weighted by Gasteiger charge is -2.35. The van der Waals surface area contributed by atoms with Crippen molar-refractivity contribution in [3.05, 3.63) is 60.4 Å². The minimum Gasteiger partial charge on any atom is -0.409 e. The van der Waals surface area contributed by atoms with Crippen molar-refractivity contribution in [3.63, 3.8) is 0 Å². The van der Waals surface area contributed by atoms with Gasteiger partial charge in [-0.05, 0) is 17.7 Å². The first-order chi connectivity index (χ1) is 10.3. The highest BCUT2D eigenvalue weighted by atomic mass is 16.6. The van der Waals surface area contributed by atoms with Crippen LogP contribution < -0.4 is 10.1 Å². The summed E-state index contributed by atoms with van der Waals surface area (Å²) in [5, 5.41) is 3.32. The number of benzene rings is 1. The Morgan fingerprint density at radius 2 is 2.10 bits per heavy atom. The van der Waals surface area contributed by atoms with Crippen molar-refractivity contribution in [1.29, 1.82) is 0 Å². The third kappa shape index (κ3) is 3.20. The summed E-state index contributed by atoms with van der Waals surface area (Å²) in [6.07, 6.45) is 2.85. The molecule has 1 aromatic carbocycles. The maximum absolute atomic E-state index is 12.4. The molecule has 2 aromatic rings. The third-order valence-corrected chi connectivity index (χ3v) is 3.50. The van der Waals surface area contributed by atoms with Crippen LogP contribution in [0.2, 0.25) is 0 Å². The fraction of sp³-hybridized carbons (Fsp3) is 0.250. The molecule has 1 N–H and O–H groups in total. The second-order valence-electron chi connectivity index (χ2n) is 4.88. The number of piperazine rings is 1. The van der Waals surface area contributed by atoms with E-state index in [1.54, 1.807) is 23.2 Å². The van der Waals surface area contributed by atoms with Gasteiger partial charge in [0.15, 0.2) is 5.75 Å². The first-order valence-corrected chi connectivity index (χ1v) is 6.99. The van der Waals surface area contributed by atoms with E-state index in [1.807, 2.05) is 30.3 Å². The number of hydrogen-bond acceptors (Lipinski definition) is 4. The summed E-state index contributed by atoms with van der Waals surface area (Å²) >= 11 is 0. The zero-order chi connectivity index (χ0) is 14.5. The molecule has 1 saturated heterocycles. The molecule has 1 atom stereocenters. The predicted octanol–water partition coefficient (Wildman–Crippen LogP) is 2.23. The number of hydrogen-bond donors (Lipinski definition) is 1. The maximum Gasteiger partial charge on any atom is 0.415 e. The van der Waals surface area contributed by atoms with Crippen molar-refractivity contribution in [3.8, 4) is 5.75 Å². The minimum atomic E-state index is -0.335. The Morgan fingerprint density at radius 1 is 1.24 bits per heavy atom. The van der Waals surface area contributed by atoms with E-state index in [0.717, 1.165) is 18.7 Å². The molecule has 0 saturated carbocycles. The van der Waals surface area contributed by atoms with Crippen molar-refractivity contribution in [2.24, 2.45) is 0 Å². The molecule has 3 rings (SSSR count). The van der Waals surface area contributed by atoms with E-state index in [4.69, 9.17) is 4.74 Å². The van der Waals surface area contributed by atoms with Crippen LogP contribution in [0.25, 0.3) is 0 Å². The molecule has 21 heavy (non-hydrogen) atoms. The van der Waals surface area contributed by atoms with E-state index in [0.29, 0.717) is 12.3 Å². The lowest BCUT2D eigenvalue weighted by Crippen LogP contribution is -2.49. The number of carbonyl (C=O) groups is 1. The number of amides is 1. The zero-order valence-corrected chi connectivity index (χ0v) is 11.6. The van der Waals surface area contributed by atoms with Gasteiger partial charge in [-0.15, -0.1) is 0 Å².